The average molecular weight is 485 g/mol. The molecule has 0 bridgehead atoms. The van der Waals surface area contributed by atoms with Crippen molar-refractivity contribution in [2.45, 2.75) is 54.5 Å². The van der Waals surface area contributed by atoms with Crippen LogP contribution in [-0.4, -0.2) is 75.1 Å². The number of alkyl carbamates (subject to hydrolysis) is 1. The van der Waals surface area contributed by atoms with Gasteiger partial charge in [0.25, 0.3) is 0 Å². The Kier molecular flexibility index (Phi) is 9.49. The molecule has 1 N–H and O–H groups in total. The molecule has 1 saturated heterocycles. The number of ether oxygens (including phenoxy) is 2. The van der Waals surface area contributed by atoms with Gasteiger partial charge in [-0.1, -0.05) is 36.8 Å². The molecule has 0 spiro atoms. The number of tetrazole rings is 1. The minimum atomic E-state index is -0.960. The van der Waals surface area contributed by atoms with E-state index in [1.54, 1.807) is 16.5 Å². The van der Waals surface area contributed by atoms with Gasteiger partial charge in [0.15, 0.2) is 0 Å². The monoisotopic (exact) mass is 484 g/mol. The van der Waals surface area contributed by atoms with Crippen LogP contribution in [0.2, 0.25) is 0 Å². The summed E-state index contributed by atoms with van der Waals surface area (Å²) in [6, 6.07) is 8.70. The van der Waals surface area contributed by atoms with Gasteiger partial charge in [0.2, 0.25) is 11.1 Å². The van der Waals surface area contributed by atoms with E-state index in [4.69, 9.17) is 15.9 Å². The minimum absolute atomic E-state index is 0.0163. The zero-order chi connectivity index (χ0) is 24.3. The number of nitrogens with one attached hydrogen (secondary N) is 1. The van der Waals surface area contributed by atoms with Crippen molar-refractivity contribution < 1.29 is 19.1 Å². The molecule has 1 aliphatic rings. The quantitative estimate of drug-likeness (QED) is 0.381. The normalized spacial score (nSPS) is 16.9. The maximum Gasteiger partial charge on any atom is 0.408 e. The number of terminal acetylenes is 1. The Morgan fingerprint density at radius 3 is 2.94 bits per heavy atom. The van der Waals surface area contributed by atoms with Gasteiger partial charge in [-0.15, -0.1) is 11.5 Å². The standard InChI is InChI=1S/C23H28N6O4S/c1-4-14-32-17(3)20(24-23(31)33-15-5-2)21(30)28-13-9-10-18(28)16-29-22(25-26-27-29)34-19-11-7-6-8-12-19/h1,5-8,11-12,17-18,20H,2,9-10,13-16H2,3H3,(H,24,31)/t17?,18-,20-/m0/s1. The zero-order valence-corrected chi connectivity index (χ0v) is 19.8. The summed E-state index contributed by atoms with van der Waals surface area (Å²) in [5, 5.41) is 15.3. The molecule has 180 valence electrons. The first-order valence-electron chi connectivity index (χ1n) is 10.9. The number of hydrogen-bond donors (Lipinski definition) is 1. The highest BCUT2D eigenvalue weighted by Crippen LogP contribution is 2.27. The molecule has 1 aromatic carbocycles. The Bertz CT molecular complexity index is 1010. The van der Waals surface area contributed by atoms with Crippen LogP contribution in [0.15, 0.2) is 53.0 Å². The van der Waals surface area contributed by atoms with E-state index in [1.165, 1.54) is 17.8 Å². The molecule has 1 unspecified atom stereocenters. The van der Waals surface area contributed by atoms with Crippen molar-refractivity contribution in [3.63, 3.8) is 0 Å². The van der Waals surface area contributed by atoms with Crippen molar-refractivity contribution in [2.75, 3.05) is 19.8 Å². The third-order valence-electron chi connectivity index (χ3n) is 5.27. The van der Waals surface area contributed by atoms with Crippen LogP contribution in [0.1, 0.15) is 19.8 Å². The SMILES string of the molecule is C#CCOC(C)[C@H](NC(=O)OCC=C)C(=O)N1CCC[C@H]1Cn1nnnc1Sc1ccccc1. The lowest BCUT2D eigenvalue weighted by Crippen LogP contribution is -2.56. The van der Waals surface area contributed by atoms with E-state index >= 15 is 0 Å². The molecule has 2 amide bonds. The number of carbonyl (C=O) groups is 2. The molecule has 0 saturated carbocycles. The summed E-state index contributed by atoms with van der Waals surface area (Å²) in [7, 11) is 0. The summed E-state index contributed by atoms with van der Waals surface area (Å²) < 4.78 is 12.3. The number of carbonyl (C=O) groups excluding carboxylic acids is 2. The summed E-state index contributed by atoms with van der Waals surface area (Å²) in [6.45, 7) is 6.23. The lowest BCUT2D eigenvalue weighted by atomic mass is 10.1. The number of rotatable bonds is 11. The van der Waals surface area contributed by atoms with E-state index in [9.17, 15) is 9.59 Å². The van der Waals surface area contributed by atoms with E-state index in [0.29, 0.717) is 18.2 Å². The van der Waals surface area contributed by atoms with E-state index in [2.05, 4.69) is 33.3 Å². The van der Waals surface area contributed by atoms with Gasteiger partial charge in [-0.25, -0.2) is 9.48 Å². The molecular weight excluding hydrogens is 456 g/mol. The van der Waals surface area contributed by atoms with Crippen LogP contribution in [0.3, 0.4) is 0 Å². The van der Waals surface area contributed by atoms with Gasteiger partial charge < -0.3 is 19.7 Å². The Morgan fingerprint density at radius 1 is 1.41 bits per heavy atom. The highest BCUT2D eigenvalue weighted by atomic mass is 32.2. The topological polar surface area (TPSA) is 111 Å². The van der Waals surface area contributed by atoms with Crippen molar-refractivity contribution >= 4 is 23.8 Å². The molecule has 11 heteroatoms. The summed E-state index contributed by atoms with van der Waals surface area (Å²) in [5.74, 6) is 2.11. The van der Waals surface area contributed by atoms with Crippen molar-refractivity contribution in [2.24, 2.45) is 0 Å². The summed E-state index contributed by atoms with van der Waals surface area (Å²) >= 11 is 1.45. The molecule has 2 heterocycles. The molecule has 3 atom stereocenters. The molecule has 1 aliphatic heterocycles. The van der Waals surface area contributed by atoms with Gasteiger partial charge in [0.05, 0.1) is 18.7 Å². The Balaban J connectivity index is 1.72. The van der Waals surface area contributed by atoms with Crippen LogP contribution < -0.4 is 5.32 Å². The fourth-order valence-electron chi connectivity index (χ4n) is 3.63. The highest BCUT2D eigenvalue weighted by molar-refractivity contribution is 7.99. The number of hydrogen-bond acceptors (Lipinski definition) is 8. The second-order valence-electron chi connectivity index (χ2n) is 7.62. The second kappa shape index (κ2) is 12.8. The molecule has 0 radical (unpaired) electrons. The summed E-state index contributed by atoms with van der Waals surface area (Å²) in [4.78, 5) is 28.5. The van der Waals surface area contributed by atoms with Gasteiger partial charge in [0, 0.05) is 11.4 Å². The molecule has 0 aliphatic carbocycles. The van der Waals surface area contributed by atoms with Crippen molar-refractivity contribution in [3.8, 4) is 12.3 Å². The summed E-state index contributed by atoms with van der Waals surface area (Å²) in [5.41, 5.74) is 0. The Hall–Kier alpha value is -3.36. The van der Waals surface area contributed by atoms with E-state index in [-0.39, 0.29) is 25.2 Å². The predicted molar refractivity (Wildman–Crippen MR) is 126 cm³/mol. The second-order valence-corrected chi connectivity index (χ2v) is 8.66. The van der Waals surface area contributed by atoms with Gasteiger partial charge in [-0.2, -0.15) is 0 Å². The van der Waals surface area contributed by atoms with Gasteiger partial charge in [0.1, 0.15) is 19.3 Å². The van der Waals surface area contributed by atoms with Crippen LogP contribution in [0.25, 0.3) is 0 Å². The summed E-state index contributed by atoms with van der Waals surface area (Å²) in [6.07, 6.45) is 6.97. The molecule has 3 rings (SSSR count). The number of likely N-dealkylation sites (tertiary alicyclic amines) is 1. The van der Waals surface area contributed by atoms with Crippen molar-refractivity contribution in [3.05, 3.63) is 43.0 Å². The molecule has 1 fully saturated rings. The number of aromatic nitrogens is 4. The van der Waals surface area contributed by atoms with Gasteiger partial charge in [-0.3, -0.25) is 4.79 Å². The molecule has 1 aromatic heterocycles. The molecule has 34 heavy (non-hydrogen) atoms. The molecule has 10 nitrogen and oxygen atoms in total. The Morgan fingerprint density at radius 2 is 2.21 bits per heavy atom. The van der Waals surface area contributed by atoms with Crippen LogP contribution in [-0.2, 0) is 20.8 Å². The molecular formula is C23H28N6O4S. The lowest BCUT2D eigenvalue weighted by Gasteiger charge is -2.31. The number of nitrogens with zero attached hydrogens (tertiary/aromatic N) is 5. The van der Waals surface area contributed by atoms with E-state index in [1.807, 2.05) is 30.3 Å². The van der Waals surface area contributed by atoms with Crippen molar-refractivity contribution in [1.29, 1.82) is 0 Å². The third kappa shape index (κ3) is 6.82. The zero-order valence-electron chi connectivity index (χ0n) is 19.0. The third-order valence-corrected chi connectivity index (χ3v) is 6.25. The van der Waals surface area contributed by atoms with Crippen LogP contribution in [0.5, 0.6) is 0 Å². The Labute approximate surface area is 203 Å². The maximum atomic E-state index is 13.5. The maximum absolute atomic E-state index is 13.5. The molecule has 2 aromatic rings. The predicted octanol–water partition coefficient (Wildman–Crippen LogP) is 2.13. The number of amides is 2. The first-order valence-corrected chi connectivity index (χ1v) is 11.7. The van der Waals surface area contributed by atoms with E-state index < -0.39 is 18.2 Å². The van der Waals surface area contributed by atoms with Crippen LogP contribution >= 0.6 is 11.8 Å². The fourth-order valence-corrected chi connectivity index (χ4v) is 4.43. The van der Waals surface area contributed by atoms with Gasteiger partial charge >= 0.3 is 6.09 Å². The first-order chi connectivity index (χ1) is 16.5. The highest BCUT2D eigenvalue weighted by Gasteiger charge is 2.37. The van der Waals surface area contributed by atoms with Crippen molar-refractivity contribution in [1.82, 2.24) is 30.4 Å². The largest absolute Gasteiger partial charge is 0.445 e. The smallest absolute Gasteiger partial charge is 0.408 e. The van der Waals surface area contributed by atoms with Crippen LogP contribution in [0.4, 0.5) is 4.79 Å². The lowest BCUT2D eigenvalue weighted by molar-refractivity contribution is -0.138. The van der Waals surface area contributed by atoms with Crippen LogP contribution in [0, 0.1) is 12.3 Å². The fraction of sp³-hybridized carbons (Fsp3) is 0.435. The minimum Gasteiger partial charge on any atom is -0.445 e. The average Bonchev–Trinajstić information content (AvgIpc) is 3.49. The number of benzene rings is 1. The van der Waals surface area contributed by atoms with Gasteiger partial charge in [-0.05, 0) is 54.1 Å². The first kappa shape index (κ1) is 25.3. The van der Waals surface area contributed by atoms with E-state index in [0.717, 1.165) is 17.7 Å².